The zero-order valence-electron chi connectivity index (χ0n) is 11.0. The topological polar surface area (TPSA) is 61.4 Å². The molecule has 0 saturated heterocycles. The molecule has 20 heavy (non-hydrogen) atoms. The lowest BCUT2D eigenvalue weighted by molar-refractivity contribution is -0.119. The zero-order chi connectivity index (χ0) is 13.9. The highest BCUT2D eigenvalue weighted by atomic mass is 16.3. The van der Waals surface area contributed by atoms with Crippen LogP contribution in [0.2, 0.25) is 0 Å². The van der Waals surface area contributed by atoms with Gasteiger partial charge < -0.3 is 15.7 Å². The van der Waals surface area contributed by atoms with Crippen LogP contribution in [0, 0.1) is 5.92 Å². The number of nitrogens with one attached hydrogen (secondary N) is 2. The molecule has 2 aromatic rings. The fourth-order valence-corrected chi connectivity index (χ4v) is 2.44. The third kappa shape index (κ3) is 2.45. The van der Waals surface area contributed by atoms with Crippen LogP contribution < -0.4 is 10.6 Å². The summed E-state index contributed by atoms with van der Waals surface area (Å²) >= 11 is 0. The van der Waals surface area contributed by atoms with Crippen molar-refractivity contribution in [3.05, 3.63) is 54.1 Å². The van der Waals surface area contributed by atoms with E-state index in [0.717, 1.165) is 11.3 Å². The molecule has 0 aliphatic carbocycles. The number of carbonyl (C=O) groups excluding carboxylic acids is 1. The van der Waals surface area contributed by atoms with Gasteiger partial charge in [-0.25, -0.2) is 0 Å². The van der Waals surface area contributed by atoms with E-state index < -0.39 is 0 Å². The molecule has 0 bridgehead atoms. The molecule has 0 fully saturated rings. The van der Waals surface area contributed by atoms with E-state index >= 15 is 0 Å². The summed E-state index contributed by atoms with van der Waals surface area (Å²) in [7, 11) is 0. The van der Waals surface area contributed by atoms with Crippen LogP contribution in [0.3, 0.4) is 0 Å². The van der Waals surface area contributed by atoms with E-state index in [1.54, 1.807) is 24.3 Å². The number of phenols is 1. The van der Waals surface area contributed by atoms with E-state index in [1.165, 1.54) is 0 Å². The summed E-state index contributed by atoms with van der Waals surface area (Å²) in [5.74, 6) is -0.122. The normalized spacial score (nSPS) is 16.9. The Morgan fingerprint density at radius 1 is 1.15 bits per heavy atom. The molecule has 2 aromatic carbocycles. The standard InChI is InChI=1S/C16H16N2O2/c19-15-8-4-3-7-14(15)18-16(20)12-9-11-5-1-2-6-13(11)17-10-12/h1-8,12,17,19H,9-10H2,(H,18,20). The number of hydrogen-bond donors (Lipinski definition) is 3. The first-order chi connectivity index (χ1) is 9.74. The second kappa shape index (κ2) is 5.25. The Morgan fingerprint density at radius 3 is 2.75 bits per heavy atom. The quantitative estimate of drug-likeness (QED) is 0.734. The van der Waals surface area contributed by atoms with Gasteiger partial charge in [-0.2, -0.15) is 0 Å². The van der Waals surface area contributed by atoms with Gasteiger partial charge in [0.1, 0.15) is 5.75 Å². The van der Waals surface area contributed by atoms with Crippen molar-refractivity contribution < 1.29 is 9.90 Å². The summed E-state index contributed by atoms with van der Waals surface area (Å²) in [5, 5.41) is 15.7. The third-order valence-corrected chi connectivity index (χ3v) is 3.56. The summed E-state index contributed by atoms with van der Waals surface area (Å²) in [5.41, 5.74) is 2.70. The van der Waals surface area contributed by atoms with Crippen molar-refractivity contribution in [1.82, 2.24) is 0 Å². The molecule has 3 rings (SSSR count). The average molecular weight is 268 g/mol. The molecule has 0 saturated carbocycles. The van der Waals surface area contributed by atoms with E-state index in [0.29, 0.717) is 18.7 Å². The lowest BCUT2D eigenvalue weighted by Crippen LogP contribution is -2.33. The molecule has 4 nitrogen and oxygen atoms in total. The van der Waals surface area contributed by atoms with Gasteiger partial charge in [-0.05, 0) is 30.2 Å². The van der Waals surface area contributed by atoms with Crippen molar-refractivity contribution in [2.45, 2.75) is 6.42 Å². The molecule has 3 N–H and O–H groups in total. The fourth-order valence-electron chi connectivity index (χ4n) is 2.44. The highest BCUT2D eigenvalue weighted by molar-refractivity contribution is 5.94. The molecule has 0 spiro atoms. The predicted molar refractivity (Wildman–Crippen MR) is 78.9 cm³/mol. The number of rotatable bonds is 2. The smallest absolute Gasteiger partial charge is 0.229 e. The Labute approximate surface area is 117 Å². The van der Waals surface area contributed by atoms with Crippen LogP contribution in [0.1, 0.15) is 5.56 Å². The minimum atomic E-state index is -0.135. The molecule has 4 heteroatoms. The first-order valence-corrected chi connectivity index (χ1v) is 6.64. The van der Waals surface area contributed by atoms with Crippen LogP contribution in [0.4, 0.5) is 11.4 Å². The van der Waals surface area contributed by atoms with Crippen LogP contribution in [0.5, 0.6) is 5.75 Å². The molecule has 1 heterocycles. The number of phenolic OH excluding ortho intramolecular Hbond substituents is 1. The van der Waals surface area contributed by atoms with Crippen molar-refractivity contribution in [1.29, 1.82) is 0 Å². The number of amides is 1. The molecular formula is C16H16N2O2. The Bertz CT molecular complexity index is 640. The highest BCUT2D eigenvalue weighted by Gasteiger charge is 2.24. The maximum atomic E-state index is 12.3. The van der Waals surface area contributed by atoms with Gasteiger partial charge in [-0.15, -0.1) is 0 Å². The maximum absolute atomic E-state index is 12.3. The highest BCUT2D eigenvalue weighted by Crippen LogP contribution is 2.27. The van der Waals surface area contributed by atoms with E-state index in [4.69, 9.17) is 0 Å². The number of fused-ring (bicyclic) bond motifs is 1. The minimum Gasteiger partial charge on any atom is -0.506 e. The van der Waals surface area contributed by atoms with Gasteiger partial charge >= 0.3 is 0 Å². The minimum absolute atomic E-state index is 0.0755. The van der Waals surface area contributed by atoms with Gasteiger partial charge in [0.15, 0.2) is 0 Å². The monoisotopic (exact) mass is 268 g/mol. The molecule has 1 atom stereocenters. The number of carbonyl (C=O) groups is 1. The van der Waals surface area contributed by atoms with Crippen LogP contribution >= 0.6 is 0 Å². The summed E-state index contributed by atoms with van der Waals surface area (Å²) in [6.07, 6.45) is 0.711. The first kappa shape index (κ1) is 12.5. The Hall–Kier alpha value is -2.49. The molecule has 0 aromatic heterocycles. The lowest BCUT2D eigenvalue weighted by Gasteiger charge is -2.25. The molecule has 0 radical (unpaired) electrons. The third-order valence-electron chi connectivity index (χ3n) is 3.56. The number of hydrogen-bond acceptors (Lipinski definition) is 3. The number of aromatic hydroxyl groups is 1. The van der Waals surface area contributed by atoms with Gasteiger partial charge in [0.2, 0.25) is 5.91 Å². The molecule has 1 aliphatic heterocycles. The van der Waals surface area contributed by atoms with Gasteiger partial charge in [-0.1, -0.05) is 30.3 Å². The number of benzene rings is 2. The van der Waals surface area contributed by atoms with Crippen LogP contribution in [0.25, 0.3) is 0 Å². The van der Waals surface area contributed by atoms with E-state index in [2.05, 4.69) is 10.6 Å². The maximum Gasteiger partial charge on any atom is 0.229 e. The number of anilines is 2. The molecule has 1 aliphatic rings. The van der Waals surface area contributed by atoms with Crippen molar-refractivity contribution in [2.75, 3.05) is 17.2 Å². The molecular weight excluding hydrogens is 252 g/mol. The second-order valence-corrected chi connectivity index (χ2v) is 4.95. The molecule has 1 amide bonds. The summed E-state index contributed by atoms with van der Waals surface area (Å²) in [4.78, 5) is 12.3. The van der Waals surface area contributed by atoms with E-state index in [-0.39, 0.29) is 17.6 Å². The Morgan fingerprint density at radius 2 is 1.90 bits per heavy atom. The first-order valence-electron chi connectivity index (χ1n) is 6.64. The molecule has 102 valence electrons. The Balaban J connectivity index is 1.72. The largest absolute Gasteiger partial charge is 0.506 e. The van der Waals surface area contributed by atoms with Gasteiger partial charge in [0, 0.05) is 12.2 Å². The van der Waals surface area contributed by atoms with Crippen LogP contribution in [-0.2, 0) is 11.2 Å². The zero-order valence-corrected chi connectivity index (χ0v) is 11.0. The van der Waals surface area contributed by atoms with E-state index in [1.807, 2.05) is 24.3 Å². The average Bonchev–Trinajstić information content (AvgIpc) is 2.49. The lowest BCUT2D eigenvalue weighted by atomic mass is 9.93. The van der Waals surface area contributed by atoms with Crippen molar-refractivity contribution in [3.63, 3.8) is 0 Å². The van der Waals surface area contributed by atoms with Gasteiger partial charge in [0.25, 0.3) is 0 Å². The summed E-state index contributed by atoms with van der Waals surface area (Å²) < 4.78 is 0. The predicted octanol–water partition coefficient (Wildman–Crippen LogP) is 2.62. The van der Waals surface area contributed by atoms with Crippen LogP contribution in [0.15, 0.2) is 48.5 Å². The van der Waals surface area contributed by atoms with Crippen molar-refractivity contribution >= 4 is 17.3 Å². The second-order valence-electron chi connectivity index (χ2n) is 4.95. The summed E-state index contributed by atoms with van der Waals surface area (Å²) in [6, 6.07) is 14.8. The Kier molecular flexibility index (Phi) is 3.29. The SMILES string of the molecule is O=C(Nc1ccccc1O)C1CNc2ccccc2C1. The molecule has 1 unspecified atom stereocenters. The van der Waals surface area contributed by atoms with Crippen molar-refractivity contribution in [2.24, 2.45) is 5.92 Å². The summed E-state index contributed by atoms with van der Waals surface area (Å²) in [6.45, 7) is 0.608. The van der Waals surface area contributed by atoms with Crippen molar-refractivity contribution in [3.8, 4) is 5.75 Å². The van der Waals surface area contributed by atoms with Gasteiger partial charge in [0.05, 0.1) is 11.6 Å². The number of para-hydroxylation sites is 3. The van der Waals surface area contributed by atoms with E-state index in [9.17, 15) is 9.90 Å². The van der Waals surface area contributed by atoms with Gasteiger partial charge in [-0.3, -0.25) is 4.79 Å². The van der Waals surface area contributed by atoms with Crippen LogP contribution in [-0.4, -0.2) is 17.6 Å². The fraction of sp³-hybridized carbons (Fsp3) is 0.188.